The molecule has 5 N–H and O–H groups in total. The van der Waals surface area contributed by atoms with Crippen LogP contribution >= 0.6 is 11.8 Å². The van der Waals surface area contributed by atoms with Crippen molar-refractivity contribution in [3.05, 3.63) is 0 Å². The first-order valence-corrected chi connectivity index (χ1v) is 4.07. The summed E-state index contributed by atoms with van der Waals surface area (Å²) >= 11 is 0.997. The van der Waals surface area contributed by atoms with E-state index in [0.29, 0.717) is 0 Å². The smallest absolute Gasteiger partial charge is 0.208 e. The zero-order valence-corrected chi connectivity index (χ0v) is 6.60. The Morgan fingerprint density at radius 2 is 2.30 bits per heavy atom. The lowest BCUT2D eigenvalue weighted by Gasteiger charge is -2.13. The van der Waals surface area contributed by atoms with E-state index >= 15 is 0 Å². The predicted molar refractivity (Wildman–Crippen MR) is 41.6 cm³/mol. The third-order valence-electron chi connectivity index (χ3n) is 1.13. The SMILES string of the molecule is CSC(=O)C(N)C(O)CN. The Morgan fingerprint density at radius 3 is 2.60 bits per heavy atom. The Balaban J connectivity index is 3.81. The molecule has 0 aliphatic carbocycles. The lowest BCUT2D eigenvalue weighted by Crippen LogP contribution is -2.44. The third-order valence-corrected chi connectivity index (χ3v) is 1.80. The van der Waals surface area contributed by atoms with Crippen LogP contribution in [0.5, 0.6) is 0 Å². The molecule has 4 nitrogen and oxygen atoms in total. The second kappa shape index (κ2) is 4.68. The van der Waals surface area contributed by atoms with Gasteiger partial charge in [-0.3, -0.25) is 4.79 Å². The predicted octanol–water partition coefficient (Wildman–Crippen LogP) is -1.48. The van der Waals surface area contributed by atoms with Gasteiger partial charge in [-0.2, -0.15) is 0 Å². The summed E-state index contributed by atoms with van der Waals surface area (Å²) in [6.45, 7) is 0.0213. The van der Waals surface area contributed by atoms with Crippen LogP contribution in [-0.4, -0.2) is 35.2 Å². The first kappa shape index (κ1) is 9.90. The van der Waals surface area contributed by atoms with Crippen LogP contribution in [-0.2, 0) is 4.79 Å². The van der Waals surface area contributed by atoms with Crippen LogP contribution in [0.4, 0.5) is 0 Å². The van der Waals surface area contributed by atoms with E-state index in [0.717, 1.165) is 11.8 Å². The van der Waals surface area contributed by atoms with Gasteiger partial charge in [-0.25, -0.2) is 0 Å². The van der Waals surface area contributed by atoms with E-state index in [4.69, 9.17) is 16.6 Å². The fourth-order valence-electron chi connectivity index (χ4n) is 0.440. The largest absolute Gasteiger partial charge is 0.390 e. The maximum atomic E-state index is 10.7. The van der Waals surface area contributed by atoms with Gasteiger partial charge in [0.1, 0.15) is 6.04 Å². The number of carbonyl (C=O) groups excluding carboxylic acids is 1. The van der Waals surface area contributed by atoms with E-state index < -0.39 is 12.1 Å². The highest BCUT2D eigenvalue weighted by atomic mass is 32.2. The first-order valence-electron chi connectivity index (χ1n) is 2.85. The van der Waals surface area contributed by atoms with Gasteiger partial charge in [0, 0.05) is 6.54 Å². The molecule has 2 unspecified atom stereocenters. The monoisotopic (exact) mass is 164 g/mol. The lowest BCUT2D eigenvalue weighted by molar-refractivity contribution is -0.114. The highest BCUT2D eigenvalue weighted by Crippen LogP contribution is 2.01. The molecule has 0 bridgehead atoms. The Labute approximate surface area is 64.0 Å². The Hall–Kier alpha value is -0.100. The molecule has 0 aromatic rings. The van der Waals surface area contributed by atoms with Crippen molar-refractivity contribution in [2.75, 3.05) is 12.8 Å². The highest BCUT2D eigenvalue weighted by molar-refractivity contribution is 8.13. The Kier molecular flexibility index (Phi) is 4.63. The second-order valence-electron chi connectivity index (χ2n) is 1.85. The van der Waals surface area contributed by atoms with Gasteiger partial charge >= 0.3 is 0 Å². The summed E-state index contributed by atoms with van der Waals surface area (Å²) < 4.78 is 0. The molecule has 0 aromatic heterocycles. The minimum absolute atomic E-state index is 0.0213. The van der Waals surface area contributed by atoms with Crippen molar-refractivity contribution in [3.8, 4) is 0 Å². The molecule has 5 heteroatoms. The zero-order valence-electron chi connectivity index (χ0n) is 5.78. The standard InChI is InChI=1S/C5H12N2O2S/c1-10-5(9)4(7)3(8)2-6/h3-4,8H,2,6-7H2,1H3. The number of nitrogens with two attached hydrogens (primary N) is 2. The van der Waals surface area contributed by atoms with E-state index in [2.05, 4.69) is 0 Å². The fourth-order valence-corrected chi connectivity index (χ4v) is 0.869. The molecule has 0 radical (unpaired) electrons. The third kappa shape index (κ3) is 2.66. The molecule has 10 heavy (non-hydrogen) atoms. The minimum atomic E-state index is -0.917. The van der Waals surface area contributed by atoms with Gasteiger partial charge in [0.2, 0.25) is 5.12 Å². The summed E-state index contributed by atoms with van der Waals surface area (Å²) in [6, 6.07) is -0.847. The number of thioether (sulfide) groups is 1. The van der Waals surface area contributed by atoms with Crippen LogP contribution in [0.3, 0.4) is 0 Å². The van der Waals surface area contributed by atoms with Gasteiger partial charge in [-0.1, -0.05) is 11.8 Å². The summed E-state index contributed by atoms with van der Waals surface area (Å²) in [5, 5.41) is 8.71. The van der Waals surface area contributed by atoms with Crippen LogP contribution in [0.15, 0.2) is 0 Å². The number of carbonyl (C=O) groups is 1. The average Bonchev–Trinajstić information content (AvgIpc) is 2.00. The quantitative estimate of drug-likeness (QED) is 0.473. The van der Waals surface area contributed by atoms with Crippen LogP contribution in [0.1, 0.15) is 0 Å². The van der Waals surface area contributed by atoms with Crippen LogP contribution < -0.4 is 11.5 Å². The molecule has 0 saturated heterocycles. The van der Waals surface area contributed by atoms with Gasteiger partial charge in [0.25, 0.3) is 0 Å². The van der Waals surface area contributed by atoms with Crippen molar-refractivity contribution >= 4 is 16.9 Å². The van der Waals surface area contributed by atoms with E-state index in [1.54, 1.807) is 6.26 Å². The van der Waals surface area contributed by atoms with Crippen LogP contribution in [0, 0.1) is 0 Å². The molecule has 0 fully saturated rings. The molecule has 0 spiro atoms. The second-order valence-corrected chi connectivity index (χ2v) is 2.66. The molecule has 60 valence electrons. The van der Waals surface area contributed by atoms with E-state index in [1.165, 1.54) is 0 Å². The maximum absolute atomic E-state index is 10.7. The molecule has 0 saturated carbocycles. The van der Waals surface area contributed by atoms with Gasteiger partial charge in [-0.15, -0.1) is 0 Å². The highest BCUT2D eigenvalue weighted by Gasteiger charge is 2.19. The van der Waals surface area contributed by atoms with Crippen molar-refractivity contribution in [1.82, 2.24) is 0 Å². The normalized spacial score (nSPS) is 16.4. The maximum Gasteiger partial charge on any atom is 0.208 e. The fraction of sp³-hybridized carbons (Fsp3) is 0.800. The molecule has 0 rings (SSSR count). The van der Waals surface area contributed by atoms with Gasteiger partial charge in [0.05, 0.1) is 6.10 Å². The van der Waals surface area contributed by atoms with Gasteiger partial charge in [-0.05, 0) is 6.26 Å². The number of aliphatic hydroxyl groups is 1. The first-order chi connectivity index (χ1) is 4.63. The summed E-state index contributed by atoms with van der Waals surface area (Å²) in [6.07, 6.45) is 0.700. The molecular weight excluding hydrogens is 152 g/mol. The van der Waals surface area contributed by atoms with Crippen molar-refractivity contribution in [1.29, 1.82) is 0 Å². The summed E-state index contributed by atoms with van der Waals surface area (Å²) in [5.41, 5.74) is 10.4. The molecule has 0 heterocycles. The molecule has 0 amide bonds. The Morgan fingerprint density at radius 1 is 1.80 bits per heavy atom. The lowest BCUT2D eigenvalue weighted by atomic mass is 10.2. The van der Waals surface area contributed by atoms with Gasteiger partial charge in [0.15, 0.2) is 0 Å². The number of hydrogen-bond donors (Lipinski definition) is 3. The van der Waals surface area contributed by atoms with Crippen molar-refractivity contribution in [3.63, 3.8) is 0 Å². The van der Waals surface area contributed by atoms with Crippen molar-refractivity contribution in [2.45, 2.75) is 12.1 Å². The minimum Gasteiger partial charge on any atom is -0.390 e. The summed E-state index contributed by atoms with van der Waals surface area (Å²) in [5.74, 6) is 0. The van der Waals surface area contributed by atoms with E-state index in [9.17, 15) is 4.79 Å². The van der Waals surface area contributed by atoms with Gasteiger partial charge < -0.3 is 16.6 Å². The molecule has 2 atom stereocenters. The van der Waals surface area contributed by atoms with E-state index in [-0.39, 0.29) is 11.7 Å². The average molecular weight is 164 g/mol. The zero-order chi connectivity index (χ0) is 8.15. The van der Waals surface area contributed by atoms with Crippen LogP contribution in [0.25, 0.3) is 0 Å². The molecule has 0 aromatic carbocycles. The molecule has 0 aliphatic heterocycles. The summed E-state index contributed by atoms with van der Waals surface area (Å²) in [4.78, 5) is 10.7. The number of hydrogen-bond acceptors (Lipinski definition) is 5. The number of aliphatic hydroxyl groups excluding tert-OH is 1. The number of rotatable bonds is 3. The van der Waals surface area contributed by atoms with E-state index in [1.807, 2.05) is 0 Å². The molecular formula is C5H12N2O2S. The Bertz CT molecular complexity index is 120. The van der Waals surface area contributed by atoms with Crippen molar-refractivity contribution < 1.29 is 9.90 Å². The van der Waals surface area contributed by atoms with Crippen LogP contribution in [0.2, 0.25) is 0 Å². The topological polar surface area (TPSA) is 89.3 Å². The van der Waals surface area contributed by atoms with Crippen molar-refractivity contribution in [2.24, 2.45) is 11.5 Å². The summed E-state index contributed by atoms with van der Waals surface area (Å²) in [7, 11) is 0. The molecule has 0 aliphatic rings.